The van der Waals surface area contributed by atoms with E-state index in [1.165, 1.54) is 5.56 Å². The lowest BCUT2D eigenvalue weighted by Gasteiger charge is -2.06. The third-order valence-corrected chi connectivity index (χ3v) is 3.11. The van der Waals surface area contributed by atoms with Gasteiger partial charge in [-0.2, -0.15) is 0 Å². The fourth-order valence-electron chi connectivity index (χ4n) is 1.38. The molecule has 2 rings (SSSR count). The Balaban J connectivity index is 2.29. The molecule has 3 nitrogen and oxygen atoms in total. The number of aliphatic imine (C=N–C) groups is 1. The van der Waals surface area contributed by atoms with Crippen molar-refractivity contribution in [2.45, 2.75) is 13.0 Å². The predicted octanol–water partition coefficient (Wildman–Crippen LogP) is 2.14. The van der Waals surface area contributed by atoms with E-state index in [4.69, 9.17) is 10.5 Å². The van der Waals surface area contributed by atoms with Crippen LogP contribution in [0, 0.1) is 6.92 Å². The number of nitrogens with zero attached hydrogens (tertiary/aromatic N) is 1. The van der Waals surface area contributed by atoms with Gasteiger partial charge in [0.25, 0.3) is 6.02 Å². The van der Waals surface area contributed by atoms with Crippen molar-refractivity contribution in [3.8, 4) is 0 Å². The van der Waals surface area contributed by atoms with Gasteiger partial charge in [0, 0.05) is 4.47 Å². The molecule has 1 aliphatic heterocycles. The number of rotatable bonds is 1. The molecule has 0 spiro atoms. The number of hydrogen-bond acceptors (Lipinski definition) is 3. The smallest absolute Gasteiger partial charge is 0.282 e. The van der Waals surface area contributed by atoms with E-state index in [-0.39, 0.29) is 12.1 Å². The highest BCUT2D eigenvalue weighted by atomic mass is 79.9. The Hall–Kier alpha value is -1.03. The molecule has 1 atom stereocenters. The van der Waals surface area contributed by atoms with Crippen molar-refractivity contribution >= 4 is 22.0 Å². The van der Waals surface area contributed by atoms with Crippen molar-refractivity contribution in [2.75, 3.05) is 6.61 Å². The normalized spacial score (nSPS) is 20.4. The molecular weight excluding hydrogens is 244 g/mol. The molecule has 2 N–H and O–H groups in total. The molecular formula is C10H11BrN2O. The quantitative estimate of drug-likeness (QED) is 0.835. The Bertz CT molecular complexity index is 390. The Morgan fingerprint density at radius 1 is 1.57 bits per heavy atom. The zero-order chi connectivity index (χ0) is 10.1. The largest absolute Gasteiger partial charge is 0.463 e. The molecule has 1 aliphatic rings. The number of aryl methyl sites for hydroxylation is 1. The van der Waals surface area contributed by atoms with Gasteiger partial charge in [-0.25, -0.2) is 4.99 Å². The molecule has 0 fully saturated rings. The summed E-state index contributed by atoms with van der Waals surface area (Å²) >= 11 is 3.49. The highest BCUT2D eigenvalue weighted by molar-refractivity contribution is 9.10. The minimum absolute atomic E-state index is 0.0481. The van der Waals surface area contributed by atoms with Crippen molar-refractivity contribution in [1.82, 2.24) is 0 Å². The van der Waals surface area contributed by atoms with E-state index in [1.54, 1.807) is 0 Å². The molecule has 0 aromatic heterocycles. The van der Waals surface area contributed by atoms with Gasteiger partial charge >= 0.3 is 0 Å². The monoisotopic (exact) mass is 254 g/mol. The lowest BCUT2D eigenvalue weighted by atomic mass is 10.1. The maximum Gasteiger partial charge on any atom is 0.282 e. The Kier molecular flexibility index (Phi) is 2.46. The SMILES string of the molecule is Cc1ccc(C2COC(N)=N2)cc1Br. The van der Waals surface area contributed by atoms with E-state index in [2.05, 4.69) is 46.0 Å². The first kappa shape index (κ1) is 9.52. The minimum Gasteiger partial charge on any atom is -0.463 e. The number of nitrogens with two attached hydrogens (primary N) is 1. The number of hydrogen-bond donors (Lipinski definition) is 1. The summed E-state index contributed by atoms with van der Waals surface area (Å²) in [6.07, 6.45) is 0. The van der Waals surface area contributed by atoms with Crippen LogP contribution in [0.15, 0.2) is 27.7 Å². The molecule has 0 radical (unpaired) electrons. The highest BCUT2D eigenvalue weighted by Crippen LogP contribution is 2.26. The van der Waals surface area contributed by atoms with Crippen molar-refractivity contribution < 1.29 is 4.74 Å². The van der Waals surface area contributed by atoms with Gasteiger partial charge in [-0.15, -0.1) is 0 Å². The third-order valence-electron chi connectivity index (χ3n) is 2.25. The van der Waals surface area contributed by atoms with Crippen molar-refractivity contribution in [3.05, 3.63) is 33.8 Å². The summed E-state index contributed by atoms with van der Waals surface area (Å²) in [5.74, 6) is 0. The molecule has 0 aliphatic carbocycles. The maximum absolute atomic E-state index is 5.45. The lowest BCUT2D eigenvalue weighted by Crippen LogP contribution is -2.10. The Morgan fingerprint density at radius 2 is 2.36 bits per heavy atom. The number of ether oxygens (including phenoxy) is 1. The first-order chi connectivity index (χ1) is 6.66. The molecule has 1 aromatic rings. The number of benzene rings is 1. The molecule has 0 bridgehead atoms. The van der Waals surface area contributed by atoms with Crippen LogP contribution >= 0.6 is 15.9 Å². The molecule has 14 heavy (non-hydrogen) atoms. The zero-order valence-corrected chi connectivity index (χ0v) is 9.41. The van der Waals surface area contributed by atoms with Crippen LogP contribution in [0.2, 0.25) is 0 Å². The van der Waals surface area contributed by atoms with E-state index < -0.39 is 0 Å². The highest BCUT2D eigenvalue weighted by Gasteiger charge is 2.18. The second kappa shape index (κ2) is 3.61. The van der Waals surface area contributed by atoms with Crippen LogP contribution in [0.4, 0.5) is 0 Å². The number of amidine groups is 1. The van der Waals surface area contributed by atoms with Crippen LogP contribution in [0.25, 0.3) is 0 Å². The first-order valence-corrected chi connectivity index (χ1v) is 5.18. The Labute approximate surface area is 91.1 Å². The van der Waals surface area contributed by atoms with E-state index in [1.807, 2.05) is 0 Å². The fraction of sp³-hybridized carbons (Fsp3) is 0.300. The van der Waals surface area contributed by atoms with Gasteiger partial charge in [0.1, 0.15) is 12.6 Å². The van der Waals surface area contributed by atoms with Gasteiger partial charge in [0.05, 0.1) is 0 Å². The second-order valence-electron chi connectivity index (χ2n) is 3.30. The average molecular weight is 255 g/mol. The van der Waals surface area contributed by atoms with Crippen LogP contribution in [-0.4, -0.2) is 12.6 Å². The first-order valence-electron chi connectivity index (χ1n) is 4.39. The standard InChI is InChI=1S/C10H11BrN2O/c1-6-2-3-7(4-8(6)11)9-5-14-10(12)13-9/h2-4,9H,5H2,1H3,(H2,12,13). The third kappa shape index (κ3) is 1.75. The second-order valence-corrected chi connectivity index (χ2v) is 4.16. The van der Waals surface area contributed by atoms with Gasteiger partial charge in [0.2, 0.25) is 0 Å². The molecule has 1 heterocycles. The molecule has 0 saturated carbocycles. The molecule has 1 aromatic carbocycles. The molecule has 4 heteroatoms. The summed E-state index contributed by atoms with van der Waals surface area (Å²) in [5, 5.41) is 0. The zero-order valence-electron chi connectivity index (χ0n) is 7.83. The summed E-state index contributed by atoms with van der Waals surface area (Å²) in [4.78, 5) is 4.18. The molecule has 0 saturated heterocycles. The van der Waals surface area contributed by atoms with E-state index in [0.29, 0.717) is 6.61 Å². The van der Waals surface area contributed by atoms with Crippen molar-refractivity contribution in [2.24, 2.45) is 10.7 Å². The van der Waals surface area contributed by atoms with Crippen molar-refractivity contribution in [3.63, 3.8) is 0 Å². The van der Waals surface area contributed by atoms with Gasteiger partial charge in [-0.05, 0) is 24.1 Å². The molecule has 0 amide bonds. The lowest BCUT2D eigenvalue weighted by molar-refractivity contribution is 0.315. The van der Waals surface area contributed by atoms with Crippen LogP contribution in [0.3, 0.4) is 0 Å². The van der Waals surface area contributed by atoms with E-state index >= 15 is 0 Å². The molecule has 1 unspecified atom stereocenters. The van der Waals surface area contributed by atoms with Gasteiger partial charge in [0.15, 0.2) is 0 Å². The summed E-state index contributed by atoms with van der Waals surface area (Å²) in [5.41, 5.74) is 7.79. The Morgan fingerprint density at radius 3 is 2.93 bits per heavy atom. The average Bonchev–Trinajstić information content (AvgIpc) is 2.57. The molecule has 74 valence electrons. The topological polar surface area (TPSA) is 47.6 Å². The fourth-order valence-corrected chi connectivity index (χ4v) is 1.78. The summed E-state index contributed by atoms with van der Waals surface area (Å²) < 4.78 is 6.20. The van der Waals surface area contributed by atoms with Gasteiger partial charge in [-0.3, -0.25) is 0 Å². The van der Waals surface area contributed by atoms with E-state index in [0.717, 1.165) is 10.0 Å². The summed E-state index contributed by atoms with van der Waals surface area (Å²) in [6.45, 7) is 2.60. The summed E-state index contributed by atoms with van der Waals surface area (Å²) in [7, 11) is 0. The maximum atomic E-state index is 5.45. The van der Waals surface area contributed by atoms with Crippen LogP contribution in [0.1, 0.15) is 17.2 Å². The predicted molar refractivity (Wildman–Crippen MR) is 59.2 cm³/mol. The summed E-state index contributed by atoms with van der Waals surface area (Å²) in [6, 6.07) is 6.50. The van der Waals surface area contributed by atoms with Crippen LogP contribution < -0.4 is 5.73 Å². The van der Waals surface area contributed by atoms with Crippen LogP contribution in [-0.2, 0) is 4.74 Å². The minimum atomic E-state index is 0.0481. The number of halogens is 1. The van der Waals surface area contributed by atoms with Crippen LogP contribution in [0.5, 0.6) is 0 Å². The van der Waals surface area contributed by atoms with Gasteiger partial charge < -0.3 is 10.5 Å². The van der Waals surface area contributed by atoms with Gasteiger partial charge in [-0.1, -0.05) is 28.1 Å². The van der Waals surface area contributed by atoms with E-state index in [9.17, 15) is 0 Å². The van der Waals surface area contributed by atoms with Crippen molar-refractivity contribution in [1.29, 1.82) is 0 Å².